The van der Waals surface area contributed by atoms with Gasteiger partial charge in [0.05, 0.1) is 5.69 Å². The van der Waals surface area contributed by atoms with E-state index < -0.39 is 11.7 Å². The largest absolute Gasteiger partial charge is 0.319 e. The van der Waals surface area contributed by atoms with Crippen molar-refractivity contribution in [1.82, 2.24) is 0 Å². The second-order valence-electron chi connectivity index (χ2n) is 4.01. The average Bonchev–Trinajstić information content (AvgIpc) is 2.48. The lowest BCUT2D eigenvalue weighted by Crippen LogP contribution is -2.14. The van der Waals surface area contributed by atoms with Crippen molar-refractivity contribution in [2.75, 3.05) is 5.32 Å². The van der Waals surface area contributed by atoms with Crippen LogP contribution in [0, 0.1) is 17.1 Å². The first-order valence-electron chi connectivity index (χ1n) is 5.93. The molecule has 20 heavy (non-hydrogen) atoms. The fourth-order valence-corrected chi connectivity index (χ4v) is 1.62. The van der Waals surface area contributed by atoms with Crippen molar-refractivity contribution < 1.29 is 9.18 Å². The van der Waals surface area contributed by atoms with Gasteiger partial charge in [-0.05, 0) is 23.8 Å². The summed E-state index contributed by atoms with van der Waals surface area (Å²) in [4.78, 5) is 11.9. The van der Waals surface area contributed by atoms with E-state index in [2.05, 4.69) is 5.32 Å². The van der Waals surface area contributed by atoms with Gasteiger partial charge in [-0.3, -0.25) is 4.79 Å². The molecule has 0 saturated heterocycles. The number of carbonyl (C=O) groups excluding carboxylic acids is 1. The summed E-state index contributed by atoms with van der Waals surface area (Å²) in [7, 11) is 0. The highest BCUT2D eigenvalue weighted by Gasteiger charge is 2.11. The molecule has 0 aliphatic carbocycles. The Labute approximate surface area is 116 Å². The van der Waals surface area contributed by atoms with Gasteiger partial charge in [0.2, 0.25) is 0 Å². The number of hydrogen-bond donors (Lipinski definition) is 1. The number of benzene rings is 2. The van der Waals surface area contributed by atoms with Gasteiger partial charge in [-0.15, -0.1) is 0 Å². The van der Waals surface area contributed by atoms with E-state index in [0.717, 1.165) is 5.56 Å². The van der Waals surface area contributed by atoms with E-state index in [1.54, 1.807) is 30.3 Å². The maximum Gasteiger partial charge on any atom is 0.266 e. The predicted octanol–water partition coefficient (Wildman–Crippen LogP) is 3.37. The number of amides is 1. The van der Waals surface area contributed by atoms with Crippen LogP contribution in [0.25, 0.3) is 6.08 Å². The van der Waals surface area contributed by atoms with Crippen LogP contribution in [-0.4, -0.2) is 5.91 Å². The van der Waals surface area contributed by atoms with Crippen LogP contribution in [0.3, 0.4) is 0 Å². The van der Waals surface area contributed by atoms with E-state index in [1.807, 2.05) is 12.1 Å². The van der Waals surface area contributed by atoms with E-state index in [4.69, 9.17) is 5.26 Å². The first-order valence-corrected chi connectivity index (χ1v) is 5.93. The van der Waals surface area contributed by atoms with Crippen LogP contribution in [0.1, 0.15) is 5.56 Å². The average molecular weight is 266 g/mol. The lowest BCUT2D eigenvalue weighted by atomic mass is 10.1. The van der Waals surface area contributed by atoms with E-state index in [0.29, 0.717) is 0 Å². The Hall–Kier alpha value is -2.93. The number of halogens is 1. The van der Waals surface area contributed by atoms with Gasteiger partial charge in [-0.2, -0.15) is 5.26 Å². The van der Waals surface area contributed by atoms with Crippen LogP contribution < -0.4 is 5.32 Å². The molecule has 1 N–H and O–H groups in total. The van der Waals surface area contributed by atoms with Gasteiger partial charge in [0, 0.05) is 0 Å². The number of nitrogens with zero attached hydrogens (tertiary/aromatic N) is 1. The minimum Gasteiger partial charge on any atom is -0.319 e. The molecule has 1 amide bonds. The van der Waals surface area contributed by atoms with Gasteiger partial charge in [-0.1, -0.05) is 42.5 Å². The van der Waals surface area contributed by atoms with Gasteiger partial charge in [0.15, 0.2) is 0 Å². The summed E-state index contributed by atoms with van der Waals surface area (Å²) in [5.41, 5.74) is 0.693. The zero-order valence-corrected chi connectivity index (χ0v) is 10.5. The topological polar surface area (TPSA) is 52.9 Å². The Bertz CT molecular complexity index is 687. The number of rotatable bonds is 3. The molecule has 0 radical (unpaired) electrons. The zero-order valence-electron chi connectivity index (χ0n) is 10.5. The molecule has 0 spiro atoms. The molecule has 0 aliphatic rings. The Morgan fingerprint density at radius 3 is 2.40 bits per heavy atom. The highest BCUT2D eigenvalue weighted by Crippen LogP contribution is 2.14. The van der Waals surface area contributed by atoms with E-state index in [1.165, 1.54) is 24.3 Å². The van der Waals surface area contributed by atoms with E-state index in [9.17, 15) is 9.18 Å². The van der Waals surface area contributed by atoms with Crippen LogP contribution in [-0.2, 0) is 4.79 Å². The fraction of sp³-hybridized carbons (Fsp3) is 0. The fourth-order valence-electron chi connectivity index (χ4n) is 1.62. The number of anilines is 1. The Morgan fingerprint density at radius 2 is 1.75 bits per heavy atom. The number of nitriles is 1. The molecule has 0 aliphatic heterocycles. The molecule has 98 valence electrons. The third-order valence-corrected chi connectivity index (χ3v) is 2.60. The monoisotopic (exact) mass is 266 g/mol. The number of carbonyl (C=O) groups is 1. The number of hydrogen-bond acceptors (Lipinski definition) is 2. The number of nitrogens with one attached hydrogen (secondary N) is 1. The highest BCUT2D eigenvalue weighted by atomic mass is 19.1. The molecule has 0 saturated carbocycles. The summed E-state index contributed by atoms with van der Waals surface area (Å²) < 4.78 is 13.4. The van der Waals surface area contributed by atoms with Gasteiger partial charge in [0.25, 0.3) is 5.91 Å². The van der Waals surface area contributed by atoms with Crippen LogP contribution in [0.15, 0.2) is 60.2 Å². The van der Waals surface area contributed by atoms with Crippen molar-refractivity contribution in [3.63, 3.8) is 0 Å². The SMILES string of the molecule is N#C/C(=C\c1ccccc1)C(=O)Nc1ccccc1F. The molecule has 0 bridgehead atoms. The molecular formula is C16H11FN2O. The molecule has 2 aromatic rings. The summed E-state index contributed by atoms with van der Waals surface area (Å²) in [5, 5.41) is 11.4. The maximum atomic E-state index is 13.4. The van der Waals surface area contributed by atoms with Crippen molar-refractivity contribution in [2.24, 2.45) is 0 Å². The van der Waals surface area contributed by atoms with Crippen LogP contribution >= 0.6 is 0 Å². The molecule has 0 aromatic heterocycles. The summed E-state index contributed by atoms with van der Waals surface area (Å²) in [5.74, 6) is -1.18. The molecular weight excluding hydrogens is 255 g/mol. The first-order chi connectivity index (χ1) is 9.70. The van der Waals surface area contributed by atoms with E-state index >= 15 is 0 Å². The summed E-state index contributed by atoms with van der Waals surface area (Å²) in [6.45, 7) is 0. The molecule has 0 unspecified atom stereocenters. The summed E-state index contributed by atoms with van der Waals surface area (Å²) in [6.07, 6.45) is 1.45. The maximum absolute atomic E-state index is 13.4. The molecule has 3 nitrogen and oxygen atoms in total. The third kappa shape index (κ3) is 3.30. The Balaban J connectivity index is 2.21. The lowest BCUT2D eigenvalue weighted by Gasteiger charge is -2.05. The van der Waals surface area contributed by atoms with Crippen molar-refractivity contribution in [2.45, 2.75) is 0 Å². The van der Waals surface area contributed by atoms with Gasteiger partial charge >= 0.3 is 0 Å². The molecule has 0 atom stereocenters. The molecule has 4 heteroatoms. The highest BCUT2D eigenvalue weighted by molar-refractivity contribution is 6.09. The van der Waals surface area contributed by atoms with Crippen molar-refractivity contribution in [3.8, 4) is 6.07 Å². The zero-order chi connectivity index (χ0) is 14.4. The quantitative estimate of drug-likeness (QED) is 0.684. The third-order valence-electron chi connectivity index (χ3n) is 2.60. The van der Waals surface area contributed by atoms with E-state index in [-0.39, 0.29) is 11.3 Å². The van der Waals surface area contributed by atoms with Gasteiger partial charge in [0.1, 0.15) is 17.5 Å². The van der Waals surface area contributed by atoms with Crippen LogP contribution in [0.4, 0.5) is 10.1 Å². The summed E-state index contributed by atoms with van der Waals surface area (Å²) in [6, 6.07) is 16.6. The Morgan fingerprint density at radius 1 is 1.10 bits per heavy atom. The second kappa shape index (κ2) is 6.30. The standard InChI is InChI=1S/C16H11FN2O/c17-14-8-4-5-9-15(14)19-16(20)13(11-18)10-12-6-2-1-3-7-12/h1-10H,(H,19,20)/b13-10+. The Kier molecular flexibility index (Phi) is 4.25. The lowest BCUT2D eigenvalue weighted by molar-refractivity contribution is -0.112. The molecule has 2 rings (SSSR count). The molecule has 0 heterocycles. The van der Waals surface area contributed by atoms with Crippen molar-refractivity contribution >= 4 is 17.7 Å². The normalized spacial score (nSPS) is 10.7. The second-order valence-corrected chi connectivity index (χ2v) is 4.01. The first kappa shape index (κ1) is 13.5. The van der Waals surface area contributed by atoms with Gasteiger partial charge in [-0.25, -0.2) is 4.39 Å². The van der Waals surface area contributed by atoms with Gasteiger partial charge < -0.3 is 5.32 Å². The van der Waals surface area contributed by atoms with Crippen molar-refractivity contribution in [3.05, 3.63) is 71.6 Å². The molecule has 2 aromatic carbocycles. The van der Waals surface area contributed by atoms with Crippen molar-refractivity contribution in [1.29, 1.82) is 5.26 Å². The van der Waals surface area contributed by atoms with Crippen LogP contribution in [0.5, 0.6) is 0 Å². The molecule has 0 fully saturated rings. The van der Waals surface area contributed by atoms with Crippen LogP contribution in [0.2, 0.25) is 0 Å². The smallest absolute Gasteiger partial charge is 0.266 e. The minimum absolute atomic E-state index is 0.0479. The number of para-hydroxylation sites is 1. The summed E-state index contributed by atoms with van der Waals surface area (Å²) >= 11 is 0. The predicted molar refractivity (Wildman–Crippen MR) is 75.1 cm³/mol. The minimum atomic E-state index is -0.638.